The van der Waals surface area contributed by atoms with Crippen LogP contribution in [-0.4, -0.2) is 12.5 Å². The molecule has 0 heterocycles. The van der Waals surface area contributed by atoms with Crippen LogP contribution in [0.1, 0.15) is 31.2 Å². The molecule has 0 saturated heterocycles. The van der Waals surface area contributed by atoms with Gasteiger partial charge >= 0.3 is 0 Å². The van der Waals surface area contributed by atoms with E-state index in [1.807, 2.05) is 30.3 Å². The zero-order valence-corrected chi connectivity index (χ0v) is 9.78. The molecule has 0 radical (unpaired) electrons. The molecule has 1 aromatic rings. The molecule has 1 rings (SSSR count). The summed E-state index contributed by atoms with van der Waals surface area (Å²) in [4.78, 5) is 11.9. The quantitative estimate of drug-likeness (QED) is 0.729. The second-order valence-electron chi connectivity index (χ2n) is 3.79. The number of benzene rings is 1. The van der Waals surface area contributed by atoms with Crippen LogP contribution in [-0.2, 0) is 4.79 Å². The molecule has 0 unspecified atom stereocenters. The summed E-state index contributed by atoms with van der Waals surface area (Å²) in [5.41, 5.74) is 1.09. The van der Waals surface area contributed by atoms with E-state index in [9.17, 15) is 4.79 Å². The van der Waals surface area contributed by atoms with Crippen LogP contribution < -0.4 is 5.32 Å². The lowest BCUT2D eigenvalue weighted by Crippen LogP contribution is -2.29. The van der Waals surface area contributed by atoms with E-state index >= 15 is 0 Å². The molecule has 1 atom stereocenters. The fraction of sp³-hybridized carbons (Fsp3) is 0.357. The van der Waals surface area contributed by atoms with Crippen LogP contribution in [0.15, 0.2) is 43.0 Å². The molecule has 16 heavy (non-hydrogen) atoms. The highest BCUT2D eigenvalue weighted by Crippen LogP contribution is 2.21. The SMILES string of the molecule is C=CCNC(=O)[C@H](CCC)c1ccccc1. The minimum atomic E-state index is -0.0360. The van der Waals surface area contributed by atoms with Gasteiger partial charge in [-0.2, -0.15) is 0 Å². The van der Waals surface area contributed by atoms with Crippen LogP contribution in [0.4, 0.5) is 0 Å². The average Bonchev–Trinajstić information content (AvgIpc) is 2.34. The van der Waals surface area contributed by atoms with Crippen molar-refractivity contribution in [2.75, 3.05) is 6.54 Å². The number of carbonyl (C=O) groups excluding carboxylic acids is 1. The van der Waals surface area contributed by atoms with Gasteiger partial charge in [-0.25, -0.2) is 0 Å². The number of hydrogen-bond donors (Lipinski definition) is 1. The maximum absolute atomic E-state index is 11.9. The highest BCUT2D eigenvalue weighted by Gasteiger charge is 2.18. The first kappa shape index (κ1) is 12.5. The van der Waals surface area contributed by atoms with E-state index in [1.54, 1.807) is 6.08 Å². The van der Waals surface area contributed by atoms with Crippen molar-refractivity contribution in [2.24, 2.45) is 0 Å². The van der Waals surface area contributed by atoms with Crippen LogP contribution >= 0.6 is 0 Å². The van der Waals surface area contributed by atoms with E-state index in [0.29, 0.717) is 6.54 Å². The lowest BCUT2D eigenvalue weighted by Gasteiger charge is -2.15. The Labute approximate surface area is 97.4 Å². The van der Waals surface area contributed by atoms with Crippen molar-refractivity contribution in [3.63, 3.8) is 0 Å². The van der Waals surface area contributed by atoms with E-state index in [4.69, 9.17) is 0 Å². The molecule has 2 nitrogen and oxygen atoms in total. The molecule has 2 heteroatoms. The normalized spacial score (nSPS) is 11.8. The van der Waals surface area contributed by atoms with E-state index < -0.39 is 0 Å². The van der Waals surface area contributed by atoms with Gasteiger partial charge in [-0.1, -0.05) is 49.8 Å². The molecule has 0 aliphatic heterocycles. The van der Waals surface area contributed by atoms with Gasteiger partial charge in [0.25, 0.3) is 0 Å². The Bertz CT molecular complexity index is 332. The Morgan fingerprint density at radius 1 is 1.44 bits per heavy atom. The van der Waals surface area contributed by atoms with Crippen molar-refractivity contribution in [3.05, 3.63) is 48.6 Å². The van der Waals surface area contributed by atoms with Gasteiger partial charge in [0.05, 0.1) is 5.92 Å². The monoisotopic (exact) mass is 217 g/mol. The molecule has 1 amide bonds. The average molecular weight is 217 g/mol. The van der Waals surface area contributed by atoms with Gasteiger partial charge in [-0.15, -0.1) is 6.58 Å². The van der Waals surface area contributed by atoms with Gasteiger partial charge in [0.1, 0.15) is 0 Å². The lowest BCUT2D eigenvalue weighted by molar-refractivity contribution is -0.122. The molecule has 1 aromatic carbocycles. The van der Waals surface area contributed by atoms with E-state index in [-0.39, 0.29) is 11.8 Å². The first-order valence-corrected chi connectivity index (χ1v) is 5.73. The van der Waals surface area contributed by atoms with Crippen molar-refractivity contribution in [1.82, 2.24) is 5.32 Å². The standard InChI is InChI=1S/C14H19NO/c1-3-8-13(14(16)15-11-4-2)12-9-6-5-7-10-12/h4-7,9-10,13H,2-3,8,11H2,1H3,(H,15,16)/t13-/m1/s1. The van der Waals surface area contributed by atoms with Gasteiger partial charge in [-0.3, -0.25) is 4.79 Å². The van der Waals surface area contributed by atoms with Gasteiger partial charge in [0, 0.05) is 6.54 Å². The summed E-state index contributed by atoms with van der Waals surface area (Å²) in [5.74, 6) is 0.0547. The van der Waals surface area contributed by atoms with E-state index in [0.717, 1.165) is 18.4 Å². The molecular weight excluding hydrogens is 198 g/mol. The van der Waals surface area contributed by atoms with Gasteiger partial charge in [0.15, 0.2) is 0 Å². The summed E-state index contributed by atoms with van der Waals surface area (Å²) in [6, 6.07) is 9.92. The van der Waals surface area contributed by atoms with Crippen molar-refractivity contribution < 1.29 is 4.79 Å². The highest BCUT2D eigenvalue weighted by molar-refractivity contribution is 5.83. The largest absolute Gasteiger partial charge is 0.352 e. The zero-order valence-electron chi connectivity index (χ0n) is 9.78. The molecule has 0 aliphatic carbocycles. The summed E-state index contributed by atoms with van der Waals surface area (Å²) in [5, 5.41) is 2.86. The Kier molecular flexibility index (Phi) is 5.34. The van der Waals surface area contributed by atoms with Gasteiger partial charge in [0.2, 0.25) is 5.91 Å². The van der Waals surface area contributed by atoms with Crippen molar-refractivity contribution >= 4 is 5.91 Å². The third kappa shape index (κ3) is 3.54. The Morgan fingerprint density at radius 3 is 2.69 bits per heavy atom. The Hall–Kier alpha value is -1.57. The van der Waals surface area contributed by atoms with Crippen molar-refractivity contribution in [1.29, 1.82) is 0 Å². The van der Waals surface area contributed by atoms with Gasteiger partial charge in [-0.05, 0) is 12.0 Å². The van der Waals surface area contributed by atoms with E-state index in [2.05, 4.69) is 18.8 Å². The zero-order chi connectivity index (χ0) is 11.8. The Morgan fingerprint density at radius 2 is 2.12 bits per heavy atom. The summed E-state index contributed by atoms with van der Waals surface area (Å²) in [6.07, 6.45) is 3.58. The molecule has 0 aliphatic rings. The Balaban J connectivity index is 2.74. The number of hydrogen-bond acceptors (Lipinski definition) is 1. The second kappa shape index (κ2) is 6.83. The molecular formula is C14H19NO. The topological polar surface area (TPSA) is 29.1 Å². The van der Waals surface area contributed by atoms with Crippen LogP contribution in [0.2, 0.25) is 0 Å². The first-order valence-electron chi connectivity index (χ1n) is 5.73. The summed E-state index contributed by atoms with van der Waals surface area (Å²) in [6.45, 7) is 6.22. The van der Waals surface area contributed by atoms with E-state index in [1.165, 1.54) is 0 Å². The second-order valence-corrected chi connectivity index (χ2v) is 3.79. The van der Waals surface area contributed by atoms with Crippen LogP contribution in [0.5, 0.6) is 0 Å². The predicted octanol–water partition coefficient (Wildman–Crippen LogP) is 2.87. The fourth-order valence-electron chi connectivity index (χ4n) is 1.72. The number of rotatable bonds is 6. The summed E-state index contributed by atoms with van der Waals surface area (Å²) < 4.78 is 0. The third-order valence-electron chi connectivity index (χ3n) is 2.52. The molecule has 1 N–H and O–H groups in total. The molecule has 0 fully saturated rings. The van der Waals surface area contributed by atoms with Crippen molar-refractivity contribution in [2.45, 2.75) is 25.7 Å². The third-order valence-corrected chi connectivity index (χ3v) is 2.52. The molecule has 0 saturated carbocycles. The molecule has 0 bridgehead atoms. The minimum Gasteiger partial charge on any atom is -0.352 e. The van der Waals surface area contributed by atoms with Gasteiger partial charge < -0.3 is 5.32 Å². The summed E-state index contributed by atoms with van der Waals surface area (Å²) >= 11 is 0. The minimum absolute atomic E-state index is 0.0360. The smallest absolute Gasteiger partial charge is 0.227 e. The van der Waals surface area contributed by atoms with Crippen molar-refractivity contribution in [3.8, 4) is 0 Å². The molecule has 86 valence electrons. The number of carbonyl (C=O) groups is 1. The van der Waals surface area contributed by atoms with Crippen LogP contribution in [0.3, 0.4) is 0 Å². The molecule has 0 spiro atoms. The highest BCUT2D eigenvalue weighted by atomic mass is 16.1. The number of amides is 1. The summed E-state index contributed by atoms with van der Waals surface area (Å²) in [7, 11) is 0. The first-order chi connectivity index (χ1) is 7.79. The maximum atomic E-state index is 11.9. The lowest BCUT2D eigenvalue weighted by atomic mass is 9.94. The predicted molar refractivity (Wildman–Crippen MR) is 67.3 cm³/mol. The maximum Gasteiger partial charge on any atom is 0.227 e. The fourth-order valence-corrected chi connectivity index (χ4v) is 1.72. The number of nitrogens with one attached hydrogen (secondary N) is 1. The van der Waals surface area contributed by atoms with Crippen LogP contribution in [0.25, 0.3) is 0 Å². The molecule has 0 aromatic heterocycles. The van der Waals surface area contributed by atoms with Crippen LogP contribution in [0, 0.1) is 0 Å².